The molecule has 0 unspecified atom stereocenters. The first-order chi connectivity index (χ1) is 10.4. The lowest BCUT2D eigenvalue weighted by Gasteiger charge is -2.24. The van der Waals surface area contributed by atoms with Crippen molar-refractivity contribution in [3.05, 3.63) is 47.5 Å². The molecule has 0 saturated carbocycles. The smallest absolute Gasteiger partial charge is 0.328 e. The van der Waals surface area contributed by atoms with Crippen molar-refractivity contribution in [2.75, 3.05) is 6.54 Å². The molecule has 1 aliphatic rings. The summed E-state index contributed by atoms with van der Waals surface area (Å²) in [5.74, 6) is 3.31. The SMILES string of the molecule is CCN(N)[C@@H]1Cc2ccccc2[C@H]1O.O=C(O)/C=C\C(=O)O. The lowest BCUT2D eigenvalue weighted by Crippen LogP contribution is -2.43. The molecule has 0 heterocycles. The highest BCUT2D eigenvalue weighted by Gasteiger charge is 2.32. The fourth-order valence-corrected chi connectivity index (χ4v) is 2.23. The van der Waals surface area contributed by atoms with Crippen LogP contribution in [-0.2, 0) is 16.0 Å². The van der Waals surface area contributed by atoms with Crippen LogP contribution >= 0.6 is 0 Å². The maximum absolute atomic E-state index is 10.0. The average molecular weight is 308 g/mol. The van der Waals surface area contributed by atoms with Gasteiger partial charge in [-0.3, -0.25) is 5.84 Å². The molecule has 7 nitrogen and oxygen atoms in total. The number of fused-ring (bicyclic) bond motifs is 1. The summed E-state index contributed by atoms with van der Waals surface area (Å²) >= 11 is 0. The Balaban J connectivity index is 0.000000261. The van der Waals surface area contributed by atoms with E-state index in [0.29, 0.717) is 12.2 Å². The van der Waals surface area contributed by atoms with E-state index in [1.54, 1.807) is 5.01 Å². The molecule has 1 aliphatic carbocycles. The lowest BCUT2D eigenvalue weighted by atomic mass is 10.1. The van der Waals surface area contributed by atoms with Gasteiger partial charge in [-0.2, -0.15) is 0 Å². The van der Waals surface area contributed by atoms with Gasteiger partial charge in [-0.05, 0) is 17.5 Å². The van der Waals surface area contributed by atoms with E-state index >= 15 is 0 Å². The van der Waals surface area contributed by atoms with Crippen molar-refractivity contribution in [1.29, 1.82) is 0 Å². The zero-order chi connectivity index (χ0) is 16.7. The fourth-order valence-electron chi connectivity index (χ4n) is 2.23. The molecule has 120 valence electrons. The quantitative estimate of drug-likeness (QED) is 0.364. The number of benzene rings is 1. The third-order valence-electron chi connectivity index (χ3n) is 3.33. The van der Waals surface area contributed by atoms with E-state index in [1.807, 2.05) is 25.1 Å². The number of carboxylic acids is 2. The molecule has 1 aromatic rings. The Bertz CT molecular complexity index is 543. The molecule has 0 saturated heterocycles. The minimum atomic E-state index is -1.26. The van der Waals surface area contributed by atoms with Gasteiger partial charge in [0.25, 0.3) is 0 Å². The van der Waals surface area contributed by atoms with Gasteiger partial charge in [-0.15, -0.1) is 0 Å². The molecule has 0 aromatic heterocycles. The van der Waals surface area contributed by atoms with E-state index in [1.165, 1.54) is 5.56 Å². The third-order valence-corrected chi connectivity index (χ3v) is 3.33. The highest BCUT2D eigenvalue weighted by Crippen LogP contribution is 2.32. The molecule has 0 amide bonds. The number of nitrogens with zero attached hydrogens (tertiary/aromatic N) is 1. The van der Waals surface area contributed by atoms with Crippen LogP contribution in [0.3, 0.4) is 0 Å². The Morgan fingerprint density at radius 1 is 1.27 bits per heavy atom. The highest BCUT2D eigenvalue weighted by molar-refractivity contribution is 5.89. The second-order valence-electron chi connectivity index (χ2n) is 4.76. The van der Waals surface area contributed by atoms with Crippen molar-refractivity contribution < 1.29 is 24.9 Å². The molecule has 1 aromatic carbocycles. The fraction of sp³-hybridized carbons (Fsp3) is 0.333. The number of hydrogen-bond donors (Lipinski definition) is 4. The van der Waals surface area contributed by atoms with Crippen LogP contribution in [0.2, 0.25) is 0 Å². The standard InChI is InChI=1S/C11H16N2O.C4H4O4/c1-2-13(12)10-7-8-5-3-4-6-9(8)11(10)14;5-3(6)1-2-4(7)8/h3-6,10-11,14H,2,7,12H2,1H3;1-2H,(H,5,6)(H,7,8)/b;2-1-/t10-,11-;/m1./s1. The van der Waals surface area contributed by atoms with Crippen molar-refractivity contribution in [2.45, 2.75) is 25.5 Å². The Labute approximate surface area is 128 Å². The van der Waals surface area contributed by atoms with E-state index in [4.69, 9.17) is 16.1 Å². The molecule has 2 rings (SSSR count). The summed E-state index contributed by atoms with van der Waals surface area (Å²) in [6, 6.07) is 8.03. The highest BCUT2D eigenvalue weighted by atomic mass is 16.4. The summed E-state index contributed by atoms with van der Waals surface area (Å²) in [6.45, 7) is 2.76. The van der Waals surface area contributed by atoms with Crippen LogP contribution in [0, 0.1) is 0 Å². The van der Waals surface area contributed by atoms with Gasteiger partial charge >= 0.3 is 11.9 Å². The van der Waals surface area contributed by atoms with E-state index in [2.05, 4.69) is 6.07 Å². The zero-order valence-electron chi connectivity index (χ0n) is 12.2. The molecule has 22 heavy (non-hydrogen) atoms. The molecular weight excluding hydrogens is 288 g/mol. The number of likely N-dealkylation sites (N-methyl/N-ethyl adjacent to an activating group) is 1. The minimum absolute atomic E-state index is 0.0393. The molecule has 0 radical (unpaired) electrons. The van der Waals surface area contributed by atoms with Gasteiger partial charge < -0.3 is 15.3 Å². The van der Waals surface area contributed by atoms with Crippen LogP contribution in [0.5, 0.6) is 0 Å². The van der Waals surface area contributed by atoms with Crippen LogP contribution < -0.4 is 5.84 Å². The normalized spacial score (nSPS) is 19.6. The van der Waals surface area contributed by atoms with Crippen LogP contribution in [0.1, 0.15) is 24.2 Å². The Morgan fingerprint density at radius 2 is 1.82 bits per heavy atom. The summed E-state index contributed by atoms with van der Waals surface area (Å²) in [5.41, 5.74) is 2.25. The van der Waals surface area contributed by atoms with E-state index in [-0.39, 0.29) is 6.04 Å². The monoisotopic (exact) mass is 308 g/mol. The van der Waals surface area contributed by atoms with Gasteiger partial charge in [0.15, 0.2) is 0 Å². The summed E-state index contributed by atoms with van der Waals surface area (Å²) in [5, 5.41) is 27.4. The number of aliphatic carboxylic acids is 2. The van der Waals surface area contributed by atoms with E-state index in [0.717, 1.165) is 18.5 Å². The van der Waals surface area contributed by atoms with Crippen LogP contribution in [-0.4, -0.2) is 44.9 Å². The zero-order valence-corrected chi connectivity index (χ0v) is 12.2. The number of aliphatic hydroxyl groups is 1. The number of rotatable bonds is 4. The molecule has 0 fully saturated rings. The first kappa shape index (κ1) is 17.8. The summed E-state index contributed by atoms with van der Waals surface area (Å²) in [7, 11) is 0. The van der Waals surface area contributed by atoms with Crippen LogP contribution in [0.4, 0.5) is 0 Å². The number of hydrogen-bond acceptors (Lipinski definition) is 5. The molecule has 5 N–H and O–H groups in total. The van der Waals surface area contributed by atoms with Crippen molar-refractivity contribution in [2.24, 2.45) is 5.84 Å². The lowest BCUT2D eigenvalue weighted by molar-refractivity contribution is -0.134. The Kier molecular flexibility index (Phi) is 6.71. The Morgan fingerprint density at radius 3 is 2.27 bits per heavy atom. The van der Waals surface area contributed by atoms with Gasteiger partial charge in [-0.25, -0.2) is 14.6 Å². The van der Waals surface area contributed by atoms with Gasteiger partial charge in [-0.1, -0.05) is 31.2 Å². The first-order valence-corrected chi connectivity index (χ1v) is 6.78. The van der Waals surface area contributed by atoms with Crippen molar-refractivity contribution in [3.63, 3.8) is 0 Å². The maximum atomic E-state index is 10.0. The molecule has 0 bridgehead atoms. The van der Waals surface area contributed by atoms with Gasteiger partial charge in [0.05, 0.1) is 12.1 Å². The van der Waals surface area contributed by atoms with E-state index < -0.39 is 18.0 Å². The van der Waals surface area contributed by atoms with Crippen molar-refractivity contribution >= 4 is 11.9 Å². The number of hydrazine groups is 1. The molecule has 0 spiro atoms. The number of aliphatic hydroxyl groups excluding tert-OH is 1. The van der Waals surface area contributed by atoms with Crippen molar-refractivity contribution in [3.8, 4) is 0 Å². The summed E-state index contributed by atoms with van der Waals surface area (Å²) < 4.78 is 0. The predicted octanol–water partition coefficient (Wildman–Crippen LogP) is 0.552. The molecule has 7 heteroatoms. The summed E-state index contributed by atoms with van der Waals surface area (Å²) in [4.78, 5) is 19.1. The minimum Gasteiger partial charge on any atom is -0.478 e. The number of nitrogens with two attached hydrogens (primary N) is 1. The largest absolute Gasteiger partial charge is 0.478 e. The third kappa shape index (κ3) is 4.96. The van der Waals surface area contributed by atoms with Crippen LogP contribution in [0.15, 0.2) is 36.4 Å². The summed E-state index contributed by atoms with van der Waals surface area (Å²) in [6.07, 6.45) is 1.53. The van der Waals surface area contributed by atoms with Crippen molar-refractivity contribution in [1.82, 2.24) is 5.01 Å². The second-order valence-corrected chi connectivity index (χ2v) is 4.76. The van der Waals surface area contributed by atoms with Gasteiger partial charge in [0.1, 0.15) is 0 Å². The molecule has 2 atom stereocenters. The molecular formula is C15H20N2O5. The number of carboxylic acid groups (broad SMARTS) is 2. The maximum Gasteiger partial charge on any atom is 0.328 e. The van der Waals surface area contributed by atoms with Crippen LogP contribution in [0.25, 0.3) is 0 Å². The second kappa shape index (κ2) is 8.28. The Hall–Kier alpha value is -2.22. The average Bonchev–Trinajstić information content (AvgIpc) is 2.83. The molecule has 0 aliphatic heterocycles. The van der Waals surface area contributed by atoms with Gasteiger partial charge in [0.2, 0.25) is 0 Å². The first-order valence-electron chi connectivity index (χ1n) is 6.78. The van der Waals surface area contributed by atoms with Gasteiger partial charge in [0, 0.05) is 18.7 Å². The number of carbonyl (C=O) groups is 2. The van der Waals surface area contributed by atoms with E-state index in [9.17, 15) is 14.7 Å². The topological polar surface area (TPSA) is 124 Å². The predicted molar refractivity (Wildman–Crippen MR) is 79.9 cm³/mol.